The first-order valence-corrected chi connectivity index (χ1v) is 35.6. The fourth-order valence-corrected chi connectivity index (χ4v) is 11.5. The van der Waals surface area contributed by atoms with Crippen LogP contribution in [0, 0.1) is 0 Å². The second kappa shape index (κ2) is 60.8. The number of unbranched alkanes of at least 4 members (excludes halogenated alkanes) is 47. The molecule has 1 heterocycles. The average Bonchev–Trinajstić information content (AvgIpc) is 3.68. The van der Waals surface area contributed by atoms with Gasteiger partial charge in [-0.25, -0.2) is 0 Å². The number of carbonyl (C=O) groups is 2. The first-order valence-electron chi connectivity index (χ1n) is 35.6. The molecule has 11 nitrogen and oxygen atoms in total. The molecule has 484 valence electrons. The Labute approximate surface area is 505 Å². The van der Waals surface area contributed by atoms with Crippen LogP contribution in [-0.2, 0) is 23.8 Å². The van der Waals surface area contributed by atoms with E-state index in [0.717, 1.165) is 51.4 Å². The number of carbonyl (C=O) groups excluding carboxylic acids is 2. The van der Waals surface area contributed by atoms with Crippen molar-refractivity contribution in [1.29, 1.82) is 0 Å². The molecule has 0 aliphatic carbocycles. The summed E-state index contributed by atoms with van der Waals surface area (Å²) < 4.78 is 16.7. The highest BCUT2D eigenvalue weighted by Gasteiger charge is 2.44. The summed E-state index contributed by atoms with van der Waals surface area (Å²) in [5.41, 5.74) is 0. The van der Waals surface area contributed by atoms with Crippen molar-refractivity contribution in [3.05, 3.63) is 24.3 Å². The van der Waals surface area contributed by atoms with Gasteiger partial charge in [0.25, 0.3) is 0 Å². The molecule has 7 unspecified atom stereocenters. The average molecular weight is 1160 g/mol. The Morgan fingerprint density at radius 3 is 1.21 bits per heavy atom. The molecule has 0 aromatic rings. The molecule has 0 aromatic heterocycles. The Balaban J connectivity index is 1.92. The van der Waals surface area contributed by atoms with Gasteiger partial charge in [-0.3, -0.25) is 9.59 Å². The molecule has 0 radical (unpaired) electrons. The first kappa shape index (κ1) is 78.2. The van der Waals surface area contributed by atoms with Crippen LogP contribution in [0.1, 0.15) is 354 Å². The minimum atomic E-state index is -1.57. The maximum absolute atomic E-state index is 13.0. The van der Waals surface area contributed by atoms with Crippen LogP contribution < -0.4 is 5.32 Å². The van der Waals surface area contributed by atoms with Gasteiger partial charge in [-0.1, -0.05) is 321 Å². The minimum absolute atomic E-state index is 0.0136. The number of allylic oxidation sites excluding steroid dienone is 3. The lowest BCUT2D eigenvalue weighted by molar-refractivity contribution is -0.302. The number of hydrogen-bond acceptors (Lipinski definition) is 10. The SMILES string of the molecule is CCCCCCC/C=C/CC/C=C/C(O)C(COC1OC(CO)C(O)C(O)C1O)NC(=O)CCCCCCCCCCCCCCCCCCCCCCCCCCCCCCCCCCOC(=O)CCCCCCCCCCCCC. The van der Waals surface area contributed by atoms with Crippen molar-refractivity contribution < 1.29 is 49.3 Å². The summed E-state index contributed by atoms with van der Waals surface area (Å²) >= 11 is 0. The third kappa shape index (κ3) is 49.3. The van der Waals surface area contributed by atoms with Crippen LogP contribution in [0.15, 0.2) is 24.3 Å². The summed E-state index contributed by atoms with van der Waals surface area (Å²) in [7, 11) is 0. The molecule has 1 aliphatic rings. The number of amides is 1. The minimum Gasteiger partial charge on any atom is -0.466 e. The maximum Gasteiger partial charge on any atom is 0.305 e. The second-order valence-corrected chi connectivity index (χ2v) is 24.9. The van der Waals surface area contributed by atoms with Gasteiger partial charge < -0.3 is 45.1 Å². The van der Waals surface area contributed by atoms with Crippen LogP contribution in [0.25, 0.3) is 0 Å². The fourth-order valence-electron chi connectivity index (χ4n) is 11.5. The first-order chi connectivity index (χ1) is 40.2. The van der Waals surface area contributed by atoms with Gasteiger partial charge in [0.15, 0.2) is 6.29 Å². The molecule has 7 atom stereocenters. The van der Waals surface area contributed by atoms with Crippen molar-refractivity contribution in [3.63, 3.8) is 0 Å². The molecule has 6 N–H and O–H groups in total. The summed E-state index contributed by atoms with van der Waals surface area (Å²) in [6.45, 7) is 4.34. The van der Waals surface area contributed by atoms with Gasteiger partial charge in [0.2, 0.25) is 5.91 Å². The zero-order valence-electron chi connectivity index (χ0n) is 53.7. The number of esters is 1. The Hall–Kier alpha value is -1.86. The van der Waals surface area contributed by atoms with E-state index in [1.165, 1.54) is 276 Å². The molecular weight excluding hydrogens is 1030 g/mol. The van der Waals surface area contributed by atoms with Gasteiger partial charge in [0.1, 0.15) is 24.4 Å². The standard InChI is InChI=1S/C71H135NO10/c1-3-5-7-9-11-13-37-41-45-49-53-57-64(74)63(62-81-71-70(79)69(78)68(77)65(61-73)82-71)72-66(75)58-54-50-46-42-39-35-33-31-29-27-25-23-21-19-17-15-16-18-20-22-24-26-28-30-32-34-36-40-44-48-52-56-60-80-67(76)59-55-51-47-43-38-14-12-10-8-6-4-2/h37,41,53,57,63-65,68-71,73-74,77-79H,3-36,38-40,42-52,54-56,58-62H2,1-2H3,(H,72,75)/b41-37+,57-53+. The van der Waals surface area contributed by atoms with Gasteiger partial charge in [0, 0.05) is 12.8 Å². The zero-order chi connectivity index (χ0) is 59.5. The fraction of sp³-hybridized carbons (Fsp3) is 0.915. The van der Waals surface area contributed by atoms with Crippen molar-refractivity contribution in [1.82, 2.24) is 5.32 Å². The summed E-state index contributed by atoms with van der Waals surface area (Å²) in [6.07, 6.45) is 66.2. The Morgan fingerprint density at radius 2 is 0.793 bits per heavy atom. The predicted molar refractivity (Wildman–Crippen MR) is 343 cm³/mol. The molecule has 1 amide bonds. The molecular formula is C71H135NO10. The van der Waals surface area contributed by atoms with E-state index in [0.29, 0.717) is 19.4 Å². The van der Waals surface area contributed by atoms with Crippen molar-refractivity contribution in [3.8, 4) is 0 Å². The number of hydrogen-bond donors (Lipinski definition) is 6. The highest BCUT2D eigenvalue weighted by Crippen LogP contribution is 2.23. The Bertz CT molecular complexity index is 1410. The van der Waals surface area contributed by atoms with Gasteiger partial charge in [-0.05, 0) is 44.9 Å². The maximum atomic E-state index is 13.0. The molecule has 1 saturated heterocycles. The largest absolute Gasteiger partial charge is 0.466 e. The van der Waals surface area contributed by atoms with Gasteiger partial charge in [-0.2, -0.15) is 0 Å². The van der Waals surface area contributed by atoms with E-state index in [1.54, 1.807) is 6.08 Å². The monoisotopic (exact) mass is 1160 g/mol. The molecule has 11 heteroatoms. The normalized spacial score (nSPS) is 18.3. The van der Waals surface area contributed by atoms with Crippen LogP contribution in [0.5, 0.6) is 0 Å². The Morgan fingerprint density at radius 1 is 0.439 bits per heavy atom. The van der Waals surface area contributed by atoms with E-state index in [-0.39, 0.29) is 18.5 Å². The van der Waals surface area contributed by atoms with E-state index in [2.05, 4.69) is 31.3 Å². The highest BCUT2D eigenvalue weighted by molar-refractivity contribution is 5.76. The topological polar surface area (TPSA) is 175 Å². The van der Waals surface area contributed by atoms with E-state index in [4.69, 9.17) is 14.2 Å². The number of rotatable bonds is 63. The van der Waals surface area contributed by atoms with Crippen molar-refractivity contribution in [2.75, 3.05) is 19.8 Å². The second-order valence-electron chi connectivity index (χ2n) is 24.9. The molecule has 0 spiro atoms. The Kier molecular flexibility index (Phi) is 58.0. The van der Waals surface area contributed by atoms with Crippen molar-refractivity contribution >= 4 is 11.9 Å². The lowest BCUT2D eigenvalue weighted by Gasteiger charge is -2.40. The molecule has 82 heavy (non-hydrogen) atoms. The number of nitrogens with one attached hydrogen (secondary N) is 1. The third-order valence-corrected chi connectivity index (χ3v) is 17.1. The van der Waals surface area contributed by atoms with Gasteiger partial charge >= 0.3 is 5.97 Å². The molecule has 0 bridgehead atoms. The summed E-state index contributed by atoms with van der Waals surface area (Å²) in [6, 6.07) is -0.823. The van der Waals surface area contributed by atoms with E-state index >= 15 is 0 Å². The zero-order valence-corrected chi connectivity index (χ0v) is 53.7. The molecule has 1 aliphatic heterocycles. The van der Waals surface area contributed by atoms with Crippen LogP contribution in [0.2, 0.25) is 0 Å². The number of ether oxygens (including phenoxy) is 3. The predicted octanol–water partition coefficient (Wildman–Crippen LogP) is 18.0. The molecule has 0 saturated carbocycles. The summed E-state index contributed by atoms with van der Waals surface area (Å²) in [5.74, 6) is -0.173. The quantitative estimate of drug-likeness (QED) is 0.0195. The summed E-state index contributed by atoms with van der Waals surface area (Å²) in [5, 5.41) is 54.4. The molecule has 1 fully saturated rings. The van der Waals surface area contributed by atoms with E-state index < -0.39 is 49.5 Å². The molecule has 1 rings (SSSR count). The molecule has 0 aromatic carbocycles. The number of aliphatic hydroxyl groups excluding tert-OH is 5. The highest BCUT2D eigenvalue weighted by atomic mass is 16.7. The lowest BCUT2D eigenvalue weighted by Crippen LogP contribution is -2.60. The van der Waals surface area contributed by atoms with Crippen molar-refractivity contribution in [2.45, 2.75) is 397 Å². The van der Waals surface area contributed by atoms with Crippen molar-refractivity contribution in [2.24, 2.45) is 0 Å². The van der Waals surface area contributed by atoms with Gasteiger partial charge in [0.05, 0.1) is 32.0 Å². The number of aliphatic hydroxyl groups is 5. The van der Waals surface area contributed by atoms with E-state index in [9.17, 15) is 35.1 Å². The van der Waals surface area contributed by atoms with Crippen LogP contribution >= 0.6 is 0 Å². The van der Waals surface area contributed by atoms with Crippen LogP contribution in [0.3, 0.4) is 0 Å². The third-order valence-electron chi connectivity index (χ3n) is 17.1. The summed E-state index contributed by atoms with van der Waals surface area (Å²) in [4.78, 5) is 25.1. The smallest absolute Gasteiger partial charge is 0.305 e. The van der Waals surface area contributed by atoms with Crippen LogP contribution in [-0.4, -0.2) is 100 Å². The van der Waals surface area contributed by atoms with Crippen LogP contribution in [0.4, 0.5) is 0 Å². The van der Waals surface area contributed by atoms with E-state index in [1.807, 2.05) is 6.08 Å². The van der Waals surface area contributed by atoms with Gasteiger partial charge in [-0.15, -0.1) is 0 Å². The lowest BCUT2D eigenvalue weighted by atomic mass is 9.99.